The van der Waals surface area contributed by atoms with Crippen molar-refractivity contribution in [3.8, 4) is 5.75 Å². The van der Waals surface area contributed by atoms with Gasteiger partial charge in [0.2, 0.25) is 11.9 Å². The van der Waals surface area contributed by atoms with Gasteiger partial charge in [0.05, 0.1) is 42.7 Å². The van der Waals surface area contributed by atoms with Crippen LogP contribution in [0.4, 0.5) is 10.3 Å². The average Bonchev–Trinajstić information content (AvgIpc) is 3.22. The lowest BCUT2D eigenvalue weighted by Crippen LogP contribution is -2.54. The van der Waals surface area contributed by atoms with Crippen LogP contribution in [0.15, 0.2) is 30.6 Å². The summed E-state index contributed by atoms with van der Waals surface area (Å²) in [6.45, 7) is 5.29. The van der Waals surface area contributed by atoms with E-state index in [0.29, 0.717) is 61.0 Å². The molecule has 5 rings (SSSR count). The van der Waals surface area contributed by atoms with Crippen LogP contribution in [0.5, 0.6) is 5.75 Å². The lowest BCUT2D eigenvalue weighted by Gasteiger charge is -2.41. The van der Waals surface area contributed by atoms with Gasteiger partial charge in [-0.2, -0.15) is 0 Å². The third-order valence-electron chi connectivity index (χ3n) is 8.06. The molecular weight excluding hydrogens is 525 g/mol. The van der Waals surface area contributed by atoms with Crippen molar-refractivity contribution in [1.29, 1.82) is 0 Å². The van der Waals surface area contributed by atoms with Gasteiger partial charge in [0.15, 0.2) is 0 Å². The zero-order valence-electron chi connectivity index (χ0n) is 22.1. The van der Waals surface area contributed by atoms with Crippen LogP contribution >= 0.6 is 11.6 Å². The predicted molar refractivity (Wildman–Crippen MR) is 145 cm³/mol. The Hall–Kier alpha value is -2.53. The Bertz CT molecular complexity index is 1100. The Morgan fingerprint density at radius 1 is 1.05 bits per heavy atom. The lowest BCUT2D eigenvalue weighted by molar-refractivity contribution is -0.137. The zero-order valence-corrected chi connectivity index (χ0v) is 22.8. The number of halogens is 2. The Labute approximate surface area is 233 Å². The minimum Gasteiger partial charge on any atom is -0.493 e. The third-order valence-corrected chi connectivity index (χ3v) is 8.25. The first kappa shape index (κ1) is 28.0. The Morgan fingerprint density at radius 2 is 1.74 bits per heavy atom. The second-order valence-corrected chi connectivity index (χ2v) is 11.5. The molecule has 0 saturated carbocycles. The fourth-order valence-corrected chi connectivity index (χ4v) is 5.84. The van der Waals surface area contributed by atoms with Crippen molar-refractivity contribution in [1.82, 2.24) is 19.8 Å². The van der Waals surface area contributed by atoms with Crippen molar-refractivity contribution >= 4 is 23.5 Å². The number of hydrogen-bond acceptors (Lipinski definition) is 8. The summed E-state index contributed by atoms with van der Waals surface area (Å²) in [6.07, 6.45) is 5.99. The quantitative estimate of drug-likeness (QED) is 0.426. The number of ether oxygens (including phenoxy) is 1. The number of aliphatic hydroxyl groups is 2. The van der Waals surface area contributed by atoms with Gasteiger partial charge in [0, 0.05) is 57.8 Å². The van der Waals surface area contributed by atoms with E-state index in [1.807, 2.05) is 4.90 Å². The van der Waals surface area contributed by atoms with Gasteiger partial charge in [0.25, 0.3) is 0 Å². The lowest BCUT2D eigenvalue weighted by atomic mass is 9.92. The number of amides is 1. The summed E-state index contributed by atoms with van der Waals surface area (Å²) in [5, 5.41) is 19.9. The fourth-order valence-electron chi connectivity index (χ4n) is 5.74. The smallest absolute Gasteiger partial charge is 0.227 e. The first-order valence-electron chi connectivity index (χ1n) is 13.8. The van der Waals surface area contributed by atoms with E-state index in [1.165, 1.54) is 6.07 Å². The number of anilines is 1. The van der Waals surface area contributed by atoms with Crippen molar-refractivity contribution in [2.75, 3.05) is 57.3 Å². The second-order valence-electron chi connectivity index (χ2n) is 11.1. The molecule has 11 heteroatoms. The summed E-state index contributed by atoms with van der Waals surface area (Å²) in [5.74, 6) is 1.64. The molecule has 9 nitrogen and oxygen atoms in total. The van der Waals surface area contributed by atoms with Crippen molar-refractivity contribution in [3.63, 3.8) is 0 Å². The highest BCUT2D eigenvalue weighted by Crippen LogP contribution is 2.26. The maximum Gasteiger partial charge on any atom is 0.227 e. The van der Waals surface area contributed by atoms with Gasteiger partial charge in [-0.25, -0.2) is 14.4 Å². The highest BCUT2D eigenvalue weighted by Gasteiger charge is 2.36. The zero-order chi connectivity index (χ0) is 27.4. The minimum atomic E-state index is -0.696. The molecule has 0 aliphatic carbocycles. The third kappa shape index (κ3) is 7.36. The van der Waals surface area contributed by atoms with Crippen LogP contribution in [-0.4, -0.2) is 101 Å². The number of aliphatic hydroxyl groups excluding tert-OH is 2. The fraction of sp³-hybridized carbons (Fsp3) is 0.607. The monoisotopic (exact) mass is 561 g/mol. The highest BCUT2D eigenvalue weighted by molar-refractivity contribution is 6.30. The molecule has 39 heavy (non-hydrogen) atoms. The second kappa shape index (κ2) is 12.8. The Morgan fingerprint density at radius 3 is 2.41 bits per heavy atom. The molecule has 3 aliphatic heterocycles. The number of nitrogens with zero attached hydrogens (tertiary/aromatic N) is 5. The molecule has 0 radical (unpaired) electrons. The number of hydrogen-bond donors (Lipinski definition) is 2. The number of carbonyl (C=O) groups is 1. The molecule has 0 bridgehead atoms. The van der Waals surface area contributed by atoms with Gasteiger partial charge >= 0.3 is 0 Å². The number of benzene rings is 1. The van der Waals surface area contributed by atoms with Crippen LogP contribution in [0.2, 0.25) is 5.02 Å². The molecule has 0 spiro atoms. The number of β-amino-alcohol motifs (C(OH)–C–C–N with tert-alkyl or cyclic N) is 2. The van der Waals surface area contributed by atoms with Crippen molar-refractivity contribution in [2.45, 2.75) is 44.3 Å². The number of carbonyl (C=O) groups excluding carboxylic acids is 1. The number of rotatable bonds is 10. The molecule has 3 fully saturated rings. The molecule has 2 unspecified atom stereocenters. The minimum absolute atomic E-state index is 0.0275. The molecule has 2 aromatic rings. The summed E-state index contributed by atoms with van der Waals surface area (Å²) < 4.78 is 20.5. The maximum absolute atomic E-state index is 14.7. The predicted octanol–water partition coefficient (Wildman–Crippen LogP) is 2.38. The number of aromatic nitrogens is 2. The molecular formula is C28H37ClFN5O4. The molecule has 4 heterocycles. The van der Waals surface area contributed by atoms with E-state index in [2.05, 4.69) is 14.9 Å². The van der Waals surface area contributed by atoms with Crippen LogP contribution in [0, 0.1) is 17.7 Å². The summed E-state index contributed by atoms with van der Waals surface area (Å²) >= 11 is 5.87. The van der Waals surface area contributed by atoms with Crippen LogP contribution in [-0.2, 0) is 11.2 Å². The van der Waals surface area contributed by atoms with E-state index in [4.69, 9.17) is 16.3 Å². The molecule has 1 aromatic carbocycles. The summed E-state index contributed by atoms with van der Waals surface area (Å²) in [7, 11) is 0. The number of piperidine rings is 1. The van der Waals surface area contributed by atoms with Crippen molar-refractivity contribution in [2.24, 2.45) is 11.8 Å². The summed E-state index contributed by atoms with van der Waals surface area (Å²) in [5.41, 5.74) is 0.373. The molecule has 1 aromatic heterocycles. The van der Waals surface area contributed by atoms with Crippen molar-refractivity contribution in [3.05, 3.63) is 47.0 Å². The number of likely N-dealkylation sites (tertiary alicyclic amines) is 2. The molecule has 3 saturated heterocycles. The molecule has 1 amide bonds. The first-order valence-corrected chi connectivity index (χ1v) is 14.2. The normalized spacial score (nSPS) is 22.8. The molecule has 212 valence electrons. The van der Waals surface area contributed by atoms with Gasteiger partial charge < -0.3 is 24.7 Å². The largest absolute Gasteiger partial charge is 0.493 e. The van der Waals surface area contributed by atoms with Crippen LogP contribution in [0.1, 0.15) is 31.2 Å². The van der Waals surface area contributed by atoms with Gasteiger partial charge in [0.1, 0.15) is 11.6 Å². The van der Waals surface area contributed by atoms with E-state index < -0.39 is 18.0 Å². The Kier molecular flexibility index (Phi) is 9.17. The van der Waals surface area contributed by atoms with E-state index in [1.54, 1.807) is 29.4 Å². The molecule has 2 N–H and O–H groups in total. The highest BCUT2D eigenvalue weighted by atomic mass is 35.5. The SMILES string of the molecule is O=C(Cc1ccc(OCCCC2CCN(c3ncc(Cl)cn3)CC2)cc1F)N1CC(CN2CC(O)C(O)C2)C1. The Balaban J connectivity index is 0.971. The van der Waals surface area contributed by atoms with E-state index >= 15 is 0 Å². The molecule has 3 aliphatic rings. The first-order chi connectivity index (χ1) is 18.8. The summed E-state index contributed by atoms with van der Waals surface area (Å²) in [4.78, 5) is 27.2. The average molecular weight is 562 g/mol. The van der Waals surface area contributed by atoms with Crippen LogP contribution in [0.25, 0.3) is 0 Å². The van der Waals surface area contributed by atoms with Crippen molar-refractivity contribution < 1.29 is 24.1 Å². The summed E-state index contributed by atoms with van der Waals surface area (Å²) in [6, 6.07) is 4.75. The van der Waals surface area contributed by atoms with Gasteiger partial charge in [-0.3, -0.25) is 9.69 Å². The molecule has 2 atom stereocenters. The maximum atomic E-state index is 14.7. The van der Waals surface area contributed by atoms with Gasteiger partial charge in [-0.05, 0) is 43.2 Å². The van der Waals surface area contributed by atoms with E-state index in [-0.39, 0.29) is 12.3 Å². The van der Waals surface area contributed by atoms with Gasteiger partial charge in [-0.1, -0.05) is 17.7 Å². The van der Waals surface area contributed by atoms with Crippen LogP contribution < -0.4 is 9.64 Å². The van der Waals surface area contributed by atoms with E-state index in [9.17, 15) is 19.4 Å². The topological polar surface area (TPSA) is 102 Å². The standard InChI is InChI=1S/C28H37ClFN5O4/c29-22-12-31-28(32-13-22)34-7-5-19(6-8-34)2-1-9-39-23-4-3-21(24(30)11-23)10-27(38)35-15-20(16-35)14-33-17-25(36)26(37)18-33/h3-4,11-13,19-20,25-26,36-37H,1-2,5-10,14-18H2. The van der Waals surface area contributed by atoms with Gasteiger partial charge in [-0.15, -0.1) is 0 Å². The van der Waals surface area contributed by atoms with E-state index in [0.717, 1.165) is 51.3 Å². The van der Waals surface area contributed by atoms with Crippen LogP contribution in [0.3, 0.4) is 0 Å².